The smallest absolute Gasteiger partial charge is 0.0107 e. The van der Waals surface area contributed by atoms with Gasteiger partial charge in [0.1, 0.15) is 0 Å². The third-order valence-electron chi connectivity index (χ3n) is 4.30. The zero-order chi connectivity index (χ0) is 12.3. The molecule has 1 aromatic carbocycles. The molecular formula is C16H25N. The van der Waals surface area contributed by atoms with E-state index in [4.69, 9.17) is 0 Å². The number of benzene rings is 1. The summed E-state index contributed by atoms with van der Waals surface area (Å²) in [6.45, 7) is 7.84. The van der Waals surface area contributed by atoms with Gasteiger partial charge in [-0.3, -0.25) is 0 Å². The van der Waals surface area contributed by atoms with Crippen LogP contribution in [-0.4, -0.2) is 12.6 Å². The molecule has 94 valence electrons. The van der Waals surface area contributed by atoms with Crippen LogP contribution in [0.1, 0.15) is 50.7 Å². The second kappa shape index (κ2) is 5.68. The van der Waals surface area contributed by atoms with E-state index < -0.39 is 0 Å². The van der Waals surface area contributed by atoms with E-state index in [2.05, 4.69) is 50.4 Å². The molecule has 0 bridgehead atoms. The normalized spacial score (nSPS) is 27.8. The van der Waals surface area contributed by atoms with Crippen LogP contribution in [0.2, 0.25) is 0 Å². The van der Waals surface area contributed by atoms with E-state index in [0.717, 1.165) is 30.8 Å². The largest absolute Gasteiger partial charge is 0.314 e. The molecule has 1 aliphatic rings. The molecule has 0 radical (unpaired) electrons. The van der Waals surface area contributed by atoms with Crippen molar-refractivity contribution in [3.05, 3.63) is 35.4 Å². The number of nitrogens with one attached hydrogen (secondary N) is 1. The van der Waals surface area contributed by atoms with Crippen LogP contribution >= 0.6 is 0 Å². The Morgan fingerprint density at radius 2 is 1.82 bits per heavy atom. The first kappa shape index (κ1) is 12.6. The third-order valence-corrected chi connectivity index (χ3v) is 4.30. The van der Waals surface area contributed by atoms with Gasteiger partial charge in [-0.15, -0.1) is 0 Å². The monoisotopic (exact) mass is 231 g/mol. The summed E-state index contributed by atoms with van der Waals surface area (Å²) in [5.74, 6) is 1.62. The Morgan fingerprint density at radius 3 is 2.35 bits per heavy atom. The van der Waals surface area contributed by atoms with E-state index in [1.54, 1.807) is 5.56 Å². The summed E-state index contributed by atoms with van der Waals surface area (Å²) >= 11 is 0. The summed E-state index contributed by atoms with van der Waals surface area (Å²) in [4.78, 5) is 0. The second-order valence-electron chi connectivity index (χ2n) is 5.17. The molecule has 1 heteroatoms. The molecule has 0 aliphatic heterocycles. The fraction of sp³-hybridized carbons (Fsp3) is 0.625. The zero-order valence-electron chi connectivity index (χ0n) is 11.4. The SMILES string of the molecule is CCNC1CC(c2ccc(CC)cc2)C1CC. The topological polar surface area (TPSA) is 12.0 Å². The number of rotatable bonds is 5. The van der Waals surface area contributed by atoms with Gasteiger partial charge in [0.15, 0.2) is 0 Å². The molecule has 0 heterocycles. The van der Waals surface area contributed by atoms with Crippen molar-refractivity contribution < 1.29 is 0 Å². The quantitative estimate of drug-likeness (QED) is 0.814. The van der Waals surface area contributed by atoms with Crippen molar-refractivity contribution >= 4 is 0 Å². The molecule has 1 aliphatic carbocycles. The molecule has 17 heavy (non-hydrogen) atoms. The van der Waals surface area contributed by atoms with Gasteiger partial charge < -0.3 is 5.32 Å². The molecule has 1 fully saturated rings. The van der Waals surface area contributed by atoms with E-state index in [1.807, 2.05) is 0 Å². The average Bonchev–Trinajstić information content (AvgIpc) is 2.35. The summed E-state index contributed by atoms with van der Waals surface area (Å²) in [6.07, 6.45) is 3.75. The molecule has 1 N–H and O–H groups in total. The lowest BCUT2D eigenvalue weighted by Crippen LogP contribution is -2.48. The van der Waals surface area contributed by atoms with Crippen LogP contribution in [0.3, 0.4) is 0 Å². The van der Waals surface area contributed by atoms with Crippen LogP contribution in [0.25, 0.3) is 0 Å². The number of hydrogen-bond acceptors (Lipinski definition) is 1. The van der Waals surface area contributed by atoms with Crippen LogP contribution in [0.5, 0.6) is 0 Å². The van der Waals surface area contributed by atoms with Crippen molar-refractivity contribution in [3.63, 3.8) is 0 Å². The second-order valence-corrected chi connectivity index (χ2v) is 5.17. The molecule has 0 aromatic heterocycles. The fourth-order valence-corrected chi connectivity index (χ4v) is 3.16. The van der Waals surface area contributed by atoms with E-state index >= 15 is 0 Å². The first-order valence-electron chi connectivity index (χ1n) is 7.12. The van der Waals surface area contributed by atoms with Crippen molar-refractivity contribution in [2.24, 2.45) is 5.92 Å². The first-order chi connectivity index (χ1) is 8.30. The maximum atomic E-state index is 3.61. The summed E-state index contributed by atoms with van der Waals surface area (Å²) in [6, 6.07) is 10.0. The Kier molecular flexibility index (Phi) is 4.22. The van der Waals surface area contributed by atoms with Gasteiger partial charge in [-0.05, 0) is 42.3 Å². The van der Waals surface area contributed by atoms with Crippen LogP contribution in [0.4, 0.5) is 0 Å². The van der Waals surface area contributed by atoms with Crippen molar-refractivity contribution in [1.82, 2.24) is 5.32 Å². The van der Waals surface area contributed by atoms with Crippen LogP contribution in [0, 0.1) is 5.92 Å². The van der Waals surface area contributed by atoms with Crippen LogP contribution in [0.15, 0.2) is 24.3 Å². The molecule has 0 spiro atoms. The summed E-state index contributed by atoms with van der Waals surface area (Å²) < 4.78 is 0. The van der Waals surface area contributed by atoms with Crippen LogP contribution < -0.4 is 5.32 Å². The minimum absolute atomic E-state index is 0.751. The predicted molar refractivity (Wildman–Crippen MR) is 74.4 cm³/mol. The Labute approximate surface area is 106 Å². The summed E-state index contributed by atoms with van der Waals surface area (Å²) in [7, 11) is 0. The minimum Gasteiger partial charge on any atom is -0.314 e. The molecule has 1 nitrogen and oxygen atoms in total. The standard InChI is InChI=1S/C16H25N/c1-4-12-7-9-13(10-8-12)15-11-16(17-6-3)14(15)5-2/h7-10,14-17H,4-6,11H2,1-3H3. The molecule has 1 aromatic rings. The lowest BCUT2D eigenvalue weighted by atomic mass is 9.65. The van der Waals surface area contributed by atoms with Gasteiger partial charge in [-0.2, -0.15) is 0 Å². The lowest BCUT2D eigenvalue weighted by Gasteiger charge is -2.45. The highest BCUT2D eigenvalue weighted by Gasteiger charge is 2.39. The van der Waals surface area contributed by atoms with Gasteiger partial charge in [-0.1, -0.05) is 51.5 Å². The number of hydrogen-bond donors (Lipinski definition) is 1. The van der Waals surface area contributed by atoms with Crippen molar-refractivity contribution in [2.45, 2.75) is 52.0 Å². The maximum absolute atomic E-state index is 3.61. The molecular weight excluding hydrogens is 206 g/mol. The molecule has 0 amide bonds. The fourth-order valence-electron chi connectivity index (χ4n) is 3.16. The highest BCUT2D eigenvalue weighted by Crippen LogP contribution is 2.44. The van der Waals surface area contributed by atoms with Gasteiger partial charge in [0, 0.05) is 6.04 Å². The molecule has 2 rings (SSSR count). The van der Waals surface area contributed by atoms with E-state index in [0.29, 0.717) is 0 Å². The van der Waals surface area contributed by atoms with Crippen LogP contribution in [-0.2, 0) is 6.42 Å². The summed E-state index contributed by atoms with van der Waals surface area (Å²) in [5, 5.41) is 3.61. The highest BCUT2D eigenvalue weighted by molar-refractivity contribution is 5.28. The Morgan fingerprint density at radius 1 is 1.12 bits per heavy atom. The predicted octanol–water partition coefficient (Wildman–Crippen LogP) is 3.74. The highest BCUT2D eigenvalue weighted by atomic mass is 14.9. The van der Waals surface area contributed by atoms with Crippen molar-refractivity contribution in [2.75, 3.05) is 6.54 Å². The van der Waals surface area contributed by atoms with Gasteiger partial charge in [0.05, 0.1) is 0 Å². The Hall–Kier alpha value is -0.820. The number of aryl methyl sites for hydroxylation is 1. The van der Waals surface area contributed by atoms with Gasteiger partial charge >= 0.3 is 0 Å². The van der Waals surface area contributed by atoms with Gasteiger partial charge in [-0.25, -0.2) is 0 Å². The zero-order valence-corrected chi connectivity index (χ0v) is 11.4. The molecule has 0 saturated heterocycles. The minimum atomic E-state index is 0.751. The first-order valence-corrected chi connectivity index (χ1v) is 7.12. The van der Waals surface area contributed by atoms with Gasteiger partial charge in [0.25, 0.3) is 0 Å². The Bertz CT molecular complexity index is 341. The molecule has 1 saturated carbocycles. The third kappa shape index (κ3) is 2.55. The molecule has 3 atom stereocenters. The van der Waals surface area contributed by atoms with Gasteiger partial charge in [0.2, 0.25) is 0 Å². The molecule has 3 unspecified atom stereocenters. The Balaban J connectivity index is 2.03. The van der Waals surface area contributed by atoms with Crippen molar-refractivity contribution in [1.29, 1.82) is 0 Å². The maximum Gasteiger partial charge on any atom is 0.0107 e. The van der Waals surface area contributed by atoms with E-state index in [-0.39, 0.29) is 0 Å². The lowest BCUT2D eigenvalue weighted by molar-refractivity contribution is 0.163. The van der Waals surface area contributed by atoms with E-state index in [9.17, 15) is 0 Å². The van der Waals surface area contributed by atoms with Crippen molar-refractivity contribution in [3.8, 4) is 0 Å². The summed E-state index contributed by atoms with van der Waals surface area (Å²) in [5.41, 5.74) is 2.99. The average molecular weight is 231 g/mol. The van der Waals surface area contributed by atoms with E-state index in [1.165, 1.54) is 18.4 Å².